The van der Waals surface area contributed by atoms with Gasteiger partial charge in [-0.1, -0.05) is 70.4 Å². The van der Waals surface area contributed by atoms with E-state index in [0.29, 0.717) is 6.42 Å². The number of unbranched alkanes of at least 4 members (excludes halogenated alkanes) is 11. The summed E-state index contributed by atoms with van der Waals surface area (Å²) in [6.45, 7) is 2.25. The standard InChI is InChI=1S/C21H39NO3S/c1-2-3-4-5-6-7-8-9-10-11-12-13-14-15-16-17-20(23)22-19(18-26)21(24)25/h9-10,19,26H,2-8,11-18H2,1H3,(H,22,23)(H,24,25). The molecule has 1 atom stereocenters. The smallest absolute Gasteiger partial charge is 0.327 e. The molecule has 0 spiro atoms. The number of amides is 1. The van der Waals surface area contributed by atoms with Crippen molar-refractivity contribution in [3.05, 3.63) is 12.2 Å². The molecule has 4 nitrogen and oxygen atoms in total. The van der Waals surface area contributed by atoms with Crippen molar-refractivity contribution in [2.45, 2.75) is 103 Å². The maximum absolute atomic E-state index is 11.6. The van der Waals surface area contributed by atoms with Crippen LogP contribution in [0, 0.1) is 0 Å². The third-order valence-electron chi connectivity index (χ3n) is 4.48. The third-order valence-corrected chi connectivity index (χ3v) is 4.85. The van der Waals surface area contributed by atoms with Gasteiger partial charge in [-0.2, -0.15) is 12.6 Å². The summed E-state index contributed by atoms with van der Waals surface area (Å²) in [6.07, 6.45) is 20.9. The van der Waals surface area contributed by atoms with E-state index >= 15 is 0 Å². The molecular formula is C21H39NO3S. The van der Waals surface area contributed by atoms with Crippen LogP contribution >= 0.6 is 12.6 Å². The van der Waals surface area contributed by atoms with Crippen molar-refractivity contribution in [2.24, 2.45) is 0 Å². The average molecular weight is 386 g/mol. The van der Waals surface area contributed by atoms with E-state index in [1.165, 1.54) is 57.8 Å². The maximum Gasteiger partial charge on any atom is 0.327 e. The summed E-state index contributed by atoms with van der Waals surface area (Å²) in [5, 5.41) is 11.3. The number of carboxylic acid groups (broad SMARTS) is 1. The summed E-state index contributed by atoms with van der Waals surface area (Å²) in [4.78, 5) is 22.4. The molecule has 0 aromatic carbocycles. The van der Waals surface area contributed by atoms with Gasteiger partial charge in [-0.05, 0) is 32.1 Å². The first-order valence-electron chi connectivity index (χ1n) is 10.4. The number of rotatable bonds is 18. The average Bonchev–Trinajstić information content (AvgIpc) is 2.62. The number of nitrogens with one attached hydrogen (secondary N) is 1. The number of carbonyl (C=O) groups excluding carboxylic acids is 1. The predicted octanol–water partition coefficient (Wildman–Crippen LogP) is 5.52. The predicted molar refractivity (Wildman–Crippen MR) is 113 cm³/mol. The van der Waals surface area contributed by atoms with E-state index in [-0.39, 0.29) is 11.7 Å². The second-order valence-corrected chi connectivity index (χ2v) is 7.34. The Bertz CT molecular complexity index is 385. The van der Waals surface area contributed by atoms with Crippen molar-refractivity contribution >= 4 is 24.5 Å². The minimum absolute atomic E-state index is 0.119. The van der Waals surface area contributed by atoms with Crippen LogP contribution in [0.25, 0.3) is 0 Å². The van der Waals surface area contributed by atoms with Crippen molar-refractivity contribution in [2.75, 3.05) is 5.75 Å². The Balaban J connectivity index is 3.36. The quantitative estimate of drug-likeness (QED) is 0.165. The van der Waals surface area contributed by atoms with Crippen molar-refractivity contribution in [3.63, 3.8) is 0 Å². The van der Waals surface area contributed by atoms with Crippen LogP contribution in [0.15, 0.2) is 12.2 Å². The zero-order valence-electron chi connectivity index (χ0n) is 16.5. The van der Waals surface area contributed by atoms with Crippen molar-refractivity contribution < 1.29 is 14.7 Å². The van der Waals surface area contributed by atoms with Crippen molar-refractivity contribution in [1.82, 2.24) is 5.32 Å². The number of thiol groups is 1. The Labute approximate surface area is 165 Å². The van der Waals surface area contributed by atoms with E-state index in [9.17, 15) is 9.59 Å². The molecule has 26 heavy (non-hydrogen) atoms. The van der Waals surface area contributed by atoms with E-state index in [0.717, 1.165) is 25.7 Å². The van der Waals surface area contributed by atoms with Gasteiger partial charge in [0.25, 0.3) is 0 Å². The number of carbonyl (C=O) groups is 2. The van der Waals surface area contributed by atoms with Crippen LogP contribution in [-0.4, -0.2) is 28.8 Å². The molecule has 0 aliphatic heterocycles. The van der Waals surface area contributed by atoms with Gasteiger partial charge >= 0.3 is 5.97 Å². The van der Waals surface area contributed by atoms with Crippen LogP contribution in [-0.2, 0) is 9.59 Å². The Morgan fingerprint density at radius 2 is 1.38 bits per heavy atom. The summed E-state index contributed by atoms with van der Waals surface area (Å²) in [6, 6.07) is -0.881. The number of allylic oxidation sites excluding steroid dienone is 2. The van der Waals surface area contributed by atoms with E-state index in [1.807, 2.05) is 0 Å². The van der Waals surface area contributed by atoms with E-state index < -0.39 is 12.0 Å². The molecule has 1 unspecified atom stereocenters. The normalized spacial score (nSPS) is 12.4. The fraction of sp³-hybridized carbons (Fsp3) is 0.810. The Morgan fingerprint density at radius 3 is 1.88 bits per heavy atom. The largest absolute Gasteiger partial charge is 0.480 e. The highest BCUT2D eigenvalue weighted by Gasteiger charge is 2.17. The topological polar surface area (TPSA) is 66.4 Å². The maximum atomic E-state index is 11.6. The van der Waals surface area contributed by atoms with Crippen LogP contribution < -0.4 is 5.32 Å². The number of carboxylic acids is 1. The van der Waals surface area contributed by atoms with Gasteiger partial charge in [-0.15, -0.1) is 0 Å². The lowest BCUT2D eigenvalue weighted by Crippen LogP contribution is -2.42. The molecule has 0 aromatic rings. The lowest BCUT2D eigenvalue weighted by atomic mass is 10.1. The lowest BCUT2D eigenvalue weighted by molar-refractivity contribution is -0.141. The molecule has 1 amide bonds. The molecule has 0 rings (SSSR count). The molecule has 0 bridgehead atoms. The molecule has 2 N–H and O–H groups in total. The van der Waals surface area contributed by atoms with E-state index in [1.54, 1.807) is 0 Å². The van der Waals surface area contributed by atoms with Gasteiger partial charge in [0.05, 0.1) is 0 Å². The second-order valence-electron chi connectivity index (χ2n) is 6.98. The minimum atomic E-state index is -1.03. The van der Waals surface area contributed by atoms with Gasteiger partial charge in [0.2, 0.25) is 5.91 Å². The SMILES string of the molecule is CCCCCCCCC=CCCCCCCCC(=O)NC(CS)C(=O)O. The lowest BCUT2D eigenvalue weighted by Gasteiger charge is -2.11. The first-order chi connectivity index (χ1) is 12.6. The number of aliphatic carboxylic acids is 1. The highest BCUT2D eigenvalue weighted by atomic mass is 32.1. The van der Waals surface area contributed by atoms with E-state index in [2.05, 4.69) is 37.0 Å². The molecule has 0 aliphatic rings. The molecule has 0 saturated heterocycles. The van der Waals surface area contributed by atoms with Crippen LogP contribution in [0.5, 0.6) is 0 Å². The molecule has 5 heteroatoms. The Kier molecular flexibility index (Phi) is 18.1. The minimum Gasteiger partial charge on any atom is -0.480 e. The fourth-order valence-corrected chi connectivity index (χ4v) is 3.06. The molecular weight excluding hydrogens is 346 g/mol. The van der Waals surface area contributed by atoms with Gasteiger partial charge in [0.1, 0.15) is 6.04 Å². The van der Waals surface area contributed by atoms with Gasteiger partial charge in [0, 0.05) is 12.2 Å². The van der Waals surface area contributed by atoms with Crippen LogP contribution in [0.4, 0.5) is 0 Å². The van der Waals surface area contributed by atoms with Crippen LogP contribution in [0.1, 0.15) is 96.8 Å². The fourth-order valence-electron chi connectivity index (χ4n) is 2.81. The molecule has 0 radical (unpaired) electrons. The first kappa shape index (κ1) is 25.0. The van der Waals surface area contributed by atoms with Crippen molar-refractivity contribution in [1.29, 1.82) is 0 Å². The van der Waals surface area contributed by atoms with Gasteiger partial charge in [-0.3, -0.25) is 4.79 Å². The van der Waals surface area contributed by atoms with Crippen LogP contribution in [0.2, 0.25) is 0 Å². The summed E-state index contributed by atoms with van der Waals surface area (Å²) in [5.41, 5.74) is 0. The van der Waals surface area contributed by atoms with E-state index in [4.69, 9.17) is 5.11 Å². The number of hydrogen-bond donors (Lipinski definition) is 3. The molecule has 152 valence electrons. The van der Waals surface area contributed by atoms with Gasteiger partial charge < -0.3 is 10.4 Å². The monoisotopic (exact) mass is 385 g/mol. The molecule has 0 saturated carbocycles. The summed E-state index contributed by atoms with van der Waals surface area (Å²) in [7, 11) is 0. The van der Waals surface area contributed by atoms with Crippen molar-refractivity contribution in [3.8, 4) is 0 Å². The summed E-state index contributed by atoms with van der Waals surface area (Å²) in [5.74, 6) is -1.10. The van der Waals surface area contributed by atoms with Gasteiger partial charge in [0.15, 0.2) is 0 Å². The Morgan fingerprint density at radius 1 is 0.885 bits per heavy atom. The van der Waals surface area contributed by atoms with Gasteiger partial charge in [-0.25, -0.2) is 4.79 Å². The summed E-state index contributed by atoms with van der Waals surface area (Å²) < 4.78 is 0. The second kappa shape index (κ2) is 18.8. The summed E-state index contributed by atoms with van der Waals surface area (Å²) >= 11 is 3.93. The zero-order valence-corrected chi connectivity index (χ0v) is 17.4. The number of hydrogen-bond acceptors (Lipinski definition) is 3. The molecule has 0 fully saturated rings. The highest BCUT2D eigenvalue weighted by molar-refractivity contribution is 7.80. The molecule has 0 aliphatic carbocycles. The zero-order chi connectivity index (χ0) is 19.5. The molecule has 0 heterocycles. The highest BCUT2D eigenvalue weighted by Crippen LogP contribution is 2.10. The molecule has 0 aromatic heterocycles. The Hall–Kier alpha value is -0.970. The third kappa shape index (κ3) is 16.5. The first-order valence-corrected chi connectivity index (χ1v) is 11.0. The van der Waals surface area contributed by atoms with Crippen LogP contribution in [0.3, 0.4) is 0 Å².